The van der Waals surface area contributed by atoms with E-state index in [1.807, 2.05) is 13.0 Å². The average Bonchev–Trinajstić information content (AvgIpc) is 2.62. The van der Waals surface area contributed by atoms with Gasteiger partial charge in [-0.15, -0.1) is 0 Å². The largest absolute Gasteiger partial charge is 0.271 e. The van der Waals surface area contributed by atoms with Gasteiger partial charge in [-0.1, -0.05) is 40.9 Å². The summed E-state index contributed by atoms with van der Waals surface area (Å²) in [6.45, 7) is 1.91. The number of hydrazine groups is 1. The highest BCUT2D eigenvalue weighted by Gasteiger charge is 2.19. The Morgan fingerprint density at radius 1 is 1.35 bits per heavy atom. The quantitative estimate of drug-likeness (QED) is 0.665. The molecule has 3 N–H and O–H groups in total. The smallest absolute Gasteiger partial charge is 0.130 e. The monoisotopic (exact) mass is 332 g/mol. The zero-order valence-electron chi connectivity index (χ0n) is 11.1. The molecule has 0 saturated carbocycles. The second-order valence-corrected chi connectivity index (χ2v) is 5.77. The Kier molecular flexibility index (Phi) is 4.94. The fourth-order valence-electron chi connectivity index (χ4n) is 2.15. The van der Waals surface area contributed by atoms with Crippen LogP contribution in [-0.4, -0.2) is 9.78 Å². The molecule has 0 amide bonds. The highest BCUT2D eigenvalue weighted by Crippen LogP contribution is 2.30. The van der Waals surface area contributed by atoms with Gasteiger partial charge in [-0.3, -0.25) is 16.0 Å². The summed E-state index contributed by atoms with van der Waals surface area (Å²) in [5.74, 6) is 5.65. The highest BCUT2D eigenvalue weighted by atomic mass is 35.5. The highest BCUT2D eigenvalue weighted by molar-refractivity contribution is 6.35. The first-order valence-corrected chi connectivity index (χ1v) is 7.16. The topological polar surface area (TPSA) is 55.9 Å². The van der Waals surface area contributed by atoms with Gasteiger partial charge >= 0.3 is 0 Å². The van der Waals surface area contributed by atoms with Gasteiger partial charge < -0.3 is 0 Å². The summed E-state index contributed by atoms with van der Waals surface area (Å²) in [5.41, 5.74) is 5.47. The molecule has 0 bridgehead atoms. The molecule has 1 aromatic heterocycles. The maximum absolute atomic E-state index is 6.25. The van der Waals surface area contributed by atoms with E-state index in [0.29, 0.717) is 21.6 Å². The number of halogens is 3. The zero-order chi connectivity index (χ0) is 14.9. The fraction of sp³-hybridized carbons (Fsp3) is 0.308. The molecule has 0 saturated heterocycles. The lowest BCUT2D eigenvalue weighted by Crippen LogP contribution is -2.30. The Morgan fingerprint density at radius 2 is 2.05 bits per heavy atom. The molecule has 2 rings (SSSR count). The third-order valence-electron chi connectivity index (χ3n) is 3.22. The molecule has 4 nitrogen and oxygen atoms in total. The molecule has 0 fully saturated rings. The Hall–Kier alpha value is -0.780. The molecule has 0 aliphatic carbocycles. The van der Waals surface area contributed by atoms with Crippen LogP contribution >= 0.6 is 34.8 Å². The molecule has 0 aliphatic rings. The second-order valence-electron chi connectivity index (χ2n) is 4.57. The molecule has 0 spiro atoms. The van der Waals surface area contributed by atoms with Crippen molar-refractivity contribution in [3.8, 4) is 0 Å². The van der Waals surface area contributed by atoms with E-state index in [1.165, 1.54) is 0 Å². The van der Waals surface area contributed by atoms with Crippen molar-refractivity contribution in [3.63, 3.8) is 0 Å². The van der Waals surface area contributed by atoms with Crippen molar-refractivity contribution in [1.29, 1.82) is 0 Å². The van der Waals surface area contributed by atoms with Crippen molar-refractivity contribution in [2.24, 2.45) is 12.9 Å². The standard InChI is InChI=1S/C13H15Cl3N4/c1-7-10(13(16)20(2)19-7)6-12(18-17)9-4-3-8(14)5-11(9)15/h3-5,12,18H,6,17H2,1-2H3. The van der Waals surface area contributed by atoms with Crippen molar-refractivity contribution in [1.82, 2.24) is 15.2 Å². The van der Waals surface area contributed by atoms with Crippen molar-refractivity contribution < 1.29 is 0 Å². The van der Waals surface area contributed by atoms with Gasteiger partial charge in [0, 0.05) is 22.7 Å². The summed E-state index contributed by atoms with van der Waals surface area (Å²) in [5, 5.41) is 6.05. The first-order chi connectivity index (χ1) is 9.43. The first kappa shape index (κ1) is 15.6. The van der Waals surface area contributed by atoms with Crippen LogP contribution in [0, 0.1) is 6.92 Å². The average molecular weight is 334 g/mol. The van der Waals surface area contributed by atoms with Crippen LogP contribution in [-0.2, 0) is 13.5 Å². The Labute approximate surface area is 132 Å². The second kappa shape index (κ2) is 6.33. The van der Waals surface area contributed by atoms with E-state index in [-0.39, 0.29) is 6.04 Å². The van der Waals surface area contributed by atoms with E-state index >= 15 is 0 Å². The molecule has 20 heavy (non-hydrogen) atoms. The van der Waals surface area contributed by atoms with E-state index in [4.69, 9.17) is 40.6 Å². The van der Waals surface area contributed by atoms with Gasteiger partial charge in [-0.25, -0.2) is 0 Å². The van der Waals surface area contributed by atoms with Crippen LogP contribution in [0.25, 0.3) is 0 Å². The van der Waals surface area contributed by atoms with Crippen molar-refractivity contribution in [3.05, 3.63) is 50.2 Å². The molecular formula is C13H15Cl3N4. The van der Waals surface area contributed by atoms with E-state index < -0.39 is 0 Å². The van der Waals surface area contributed by atoms with Crippen LogP contribution in [0.15, 0.2) is 18.2 Å². The molecule has 108 valence electrons. The lowest BCUT2D eigenvalue weighted by molar-refractivity contribution is 0.551. The summed E-state index contributed by atoms with van der Waals surface area (Å²) in [7, 11) is 1.80. The van der Waals surface area contributed by atoms with Crippen LogP contribution < -0.4 is 11.3 Å². The third kappa shape index (κ3) is 3.10. The lowest BCUT2D eigenvalue weighted by atomic mass is 10.00. The van der Waals surface area contributed by atoms with Gasteiger partial charge in [-0.05, 0) is 31.0 Å². The number of aryl methyl sites for hydroxylation is 2. The van der Waals surface area contributed by atoms with Gasteiger partial charge in [0.15, 0.2) is 0 Å². The Bertz CT molecular complexity index is 624. The summed E-state index contributed by atoms with van der Waals surface area (Å²) in [6, 6.07) is 5.17. The van der Waals surface area contributed by atoms with Crippen molar-refractivity contribution in [2.45, 2.75) is 19.4 Å². The number of nitrogens with two attached hydrogens (primary N) is 1. The van der Waals surface area contributed by atoms with Crippen LogP contribution in [0.1, 0.15) is 22.9 Å². The van der Waals surface area contributed by atoms with Gasteiger partial charge in [0.1, 0.15) is 5.15 Å². The van der Waals surface area contributed by atoms with Crippen molar-refractivity contribution in [2.75, 3.05) is 0 Å². The van der Waals surface area contributed by atoms with Gasteiger partial charge in [0.05, 0.1) is 11.7 Å². The number of hydrogen-bond donors (Lipinski definition) is 2. The van der Waals surface area contributed by atoms with E-state index in [2.05, 4.69) is 10.5 Å². The number of aromatic nitrogens is 2. The Morgan fingerprint density at radius 3 is 2.55 bits per heavy atom. The number of rotatable bonds is 4. The zero-order valence-corrected chi connectivity index (χ0v) is 13.4. The minimum Gasteiger partial charge on any atom is -0.271 e. The third-order valence-corrected chi connectivity index (χ3v) is 4.25. The van der Waals surface area contributed by atoms with Gasteiger partial charge in [0.25, 0.3) is 0 Å². The van der Waals surface area contributed by atoms with Crippen molar-refractivity contribution >= 4 is 34.8 Å². The molecule has 1 atom stereocenters. The van der Waals surface area contributed by atoms with Gasteiger partial charge in [0.2, 0.25) is 0 Å². The maximum atomic E-state index is 6.25. The first-order valence-electron chi connectivity index (χ1n) is 6.03. The summed E-state index contributed by atoms with van der Waals surface area (Å²) < 4.78 is 1.64. The number of benzene rings is 1. The summed E-state index contributed by atoms with van der Waals surface area (Å²) >= 11 is 18.4. The minimum atomic E-state index is -0.167. The van der Waals surface area contributed by atoms with E-state index in [0.717, 1.165) is 16.8 Å². The van der Waals surface area contributed by atoms with E-state index in [1.54, 1.807) is 23.9 Å². The molecule has 1 heterocycles. The summed E-state index contributed by atoms with van der Waals surface area (Å²) in [6.07, 6.45) is 0.594. The molecular weight excluding hydrogens is 319 g/mol. The molecule has 0 aliphatic heterocycles. The number of hydrogen-bond acceptors (Lipinski definition) is 3. The number of nitrogens with one attached hydrogen (secondary N) is 1. The predicted molar refractivity (Wildman–Crippen MR) is 83.2 cm³/mol. The molecule has 1 unspecified atom stereocenters. The van der Waals surface area contributed by atoms with Crippen LogP contribution in [0.2, 0.25) is 15.2 Å². The van der Waals surface area contributed by atoms with Gasteiger partial charge in [-0.2, -0.15) is 5.10 Å². The SMILES string of the molecule is Cc1nn(C)c(Cl)c1CC(NN)c1ccc(Cl)cc1Cl. The fourth-order valence-corrected chi connectivity index (χ4v) is 2.94. The molecule has 1 aromatic carbocycles. The number of nitrogens with zero attached hydrogens (tertiary/aromatic N) is 2. The normalized spacial score (nSPS) is 12.7. The maximum Gasteiger partial charge on any atom is 0.130 e. The molecule has 2 aromatic rings. The molecule has 7 heteroatoms. The summed E-state index contributed by atoms with van der Waals surface area (Å²) in [4.78, 5) is 0. The lowest BCUT2D eigenvalue weighted by Gasteiger charge is -2.18. The predicted octanol–water partition coefficient (Wildman–Crippen LogP) is 3.44. The van der Waals surface area contributed by atoms with Crippen LogP contribution in [0.3, 0.4) is 0 Å². The molecule has 0 radical (unpaired) electrons. The van der Waals surface area contributed by atoms with E-state index in [9.17, 15) is 0 Å². The Balaban J connectivity index is 2.33. The van der Waals surface area contributed by atoms with Crippen LogP contribution in [0.5, 0.6) is 0 Å². The van der Waals surface area contributed by atoms with Crippen LogP contribution in [0.4, 0.5) is 0 Å². The minimum absolute atomic E-state index is 0.167.